The van der Waals surface area contributed by atoms with Gasteiger partial charge in [-0.05, 0) is 48.9 Å². The molecule has 0 saturated heterocycles. The molecule has 0 aliphatic heterocycles. The molecular formula is C21H34N3O9P. The molecule has 0 spiro atoms. The number of carboxylic acid groups (broad SMARTS) is 1. The van der Waals surface area contributed by atoms with Gasteiger partial charge in [-0.1, -0.05) is 26.8 Å². The number of aryl methyl sites for hydroxylation is 1. The number of hydrogen-bond acceptors (Lipinski definition) is 7. The normalized spacial score (nSPS) is 15.4. The third kappa shape index (κ3) is 8.07. The van der Waals surface area contributed by atoms with Gasteiger partial charge in [-0.2, -0.15) is 0 Å². The van der Waals surface area contributed by atoms with Crippen molar-refractivity contribution in [2.24, 2.45) is 11.7 Å². The van der Waals surface area contributed by atoms with Gasteiger partial charge in [-0.3, -0.25) is 24.4 Å². The highest BCUT2D eigenvalue weighted by molar-refractivity contribution is 7.52. The number of benzene rings is 1. The summed E-state index contributed by atoms with van der Waals surface area (Å²) < 4.78 is 11.8. The van der Waals surface area contributed by atoms with Gasteiger partial charge in [0, 0.05) is 6.42 Å². The van der Waals surface area contributed by atoms with E-state index in [1.54, 1.807) is 20.8 Å². The van der Waals surface area contributed by atoms with E-state index >= 15 is 0 Å². The molecule has 2 unspecified atom stereocenters. The Balaban J connectivity index is 3.51. The second-order valence-electron chi connectivity index (χ2n) is 8.55. The van der Waals surface area contributed by atoms with Gasteiger partial charge in [0.05, 0.1) is 6.04 Å². The van der Waals surface area contributed by atoms with Crippen LogP contribution in [-0.4, -0.2) is 71.9 Å². The summed E-state index contributed by atoms with van der Waals surface area (Å²) in [5.41, 5.74) is 6.14. The number of amides is 2. The molecule has 0 fully saturated rings. The maximum Gasteiger partial charge on any atom is 0.342 e. The van der Waals surface area contributed by atoms with E-state index in [1.165, 1.54) is 25.1 Å². The van der Waals surface area contributed by atoms with E-state index in [0.717, 1.165) is 0 Å². The molecule has 1 rings (SSSR count). The van der Waals surface area contributed by atoms with Gasteiger partial charge in [0.1, 0.15) is 17.6 Å². The molecule has 0 radical (unpaired) electrons. The maximum atomic E-state index is 13.5. The van der Waals surface area contributed by atoms with E-state index in [1.807, 2.05) is 0 Å². The number of nitrogens with zero attached hydrogens (tertiary/aromatic N) is 1. The number of aromatic hydroxyl groups is 1. The second kappa shape index (κ2) is 12.3. The lowest BCUT2D eigenvalue weighted by Gasteiger charge is -2.36. The van der Waals surface area contributed by atoms with Crippen molar-refractivity contribution in [3.8, 4) is 5.75 Å². The minimum atomic E-state index is -4.67. The number of carbonyl (C=O) groups is 3. The number of aliphatic hydroxyl groups is 1. The van der Waals surface area contributed by atoms with E-state index in [2.05, 4.69) is 5.32 Å². The zero-order chi connectivity index (χ0) is 26.4. The number of primary amides is 1. The first-order valence-electron chi connectivity index (χ1n) is 10.7. The van der Waals surface area contributed by atoms with Crippen molar-refractivity contribution in [3.63, 3.8) is 0 Å². The first-order valence-corrected chi connectivity index (χ1v) is 12.4. The van der Waals surface area contributed by atoms with Crippen LogP contribution in [0.1, 0.15) is 44.7 Å². The summed E-state index contributed by atoms with van der Waals surface area (Å²) in [5.74, 6) is -5.58. The van der Waals surface area contributed by atoms with Crippen LogP contribution in [0.5, 0.6) is 5.75 Å². The molecule has 0 bridgehead atoms. The molecule has 0 aromatic heterocycles. The van der Waals surface area contributed by atoms with Crippen molar-refractivity contribution in [2.75, 3.05) is 0 Å². The average Bonchev–Trinajstić information content (AvgIpc) is 2.70. The molecule has 0 saturated carbocycles. The Bertz CT molecular complexity index is 934. The third-order valence-corrected chi connectivity index (χ3v) is 6.65. The van der Waals surface area contributed by atoms with Crippen LogP contribution in [0.2, 0.25) is 0 Å². The molecule has 192 valence electrons. The summed E-state index contributed by atoms with van der Waals surface area (Å²) in [7, 11) is -4.67. The molecular weight excluding hydrogens is 469 g/mol. The smallest absolute Gasteiger partial charge is 0.342 e. The van der Waals surface area contributed by atoms with Gasteiger partial charge < -0.3 is 30.8 Å². The van der Waals surface area contributed by atoms with Crippen LogP contribution in [0.25, 0.3) is 0 Å². The van der Waals surface area contributed by atoms with Crippen molar-refractivity contribution >= 4 is 25.4 Å². The summed E-state index contributed by atoms with van der Waals surface area (Å²) in [4.78, 5) is 57.2. The number of nitrogens with two attached hydrogens (primary N) is 1. The van der Waals surface area contributed by atoms with Crippen LogP contribution in [0, 0.1) is 12.8 Å². The van der Waals surface area contributed by atoms with E-state index < -0.39 is 49.5 Å². The number of aliphatic hydroxyl groups excluding tert-OH is 1. The molecule has 8 N–H and O–H groups in total. The maximum absolute atomic E-state index is 13.5. The molecule has 1 aromatic rings. The summed E-state index contributed by atoms with van der Waals surface area (Å²) in [6.45, 7) is 6.59. The highest BCUT2D eigenvalue weighted by Gasteiger charge is 2.42. The van der Waals surface area contributed by atoms with Crippen LogP contribution in [0.4, 0.5) is 0 Å². The fraction of sp³-hybridized carbons (Fsp3) is 0.571. The van der Waals surface area contributed by atoms with Crippen molar-refractivity contribution in [1.29, 1.82) is 0 Å². The Kier molecular flexibility index (Phi) is 10.7. The van der Waals surface area contributed by atoms with Crippen molar-refractivity contribution < 1.29 is 44.1 Å². The molecule has 0 heterocycles. The van der Waals surface area contributed by atoms with Crippen LogP contribution in [0.3, 0.4) is 0 Å². The van der Waals surface area contributed by atoms with Crippen LogP contribution in [0.15, 0.2) is 18.2 Å². The minimum Gasteiger partial charge on any atom is -0.508 e. The summed E-state index contributed by atoms with van der Waals surface area (Å²) in [6.07, 6.45) is -2.65. The Morgan fingerprint density at radius 2 is 1.79 bits per heavy atom. The molecule has 1 aromatic carbocycles. The first kappa shape index (κ1) is 29.5. The van der Waals surface area contributed by atoms with Gasteiger partial charge >= 0.3 is 13.6 Å². The number of phenols is 1. The minimum absolute atomic E-state index is 0.0297. The number of hydrogen-bond donors (Lipinski definition) is 7. The lowest BCUT2D eigenvalue weighted by Crippen LogP contribution is -2.61. The van der Waals surface area contributed by atoms with Crippen molar-refractivity contribution in [1.82, 2.24) is 10.2 Å². The van der Waals surface area contributed by atoms with E-state index in [4.69, 9.17) is 5.73 Å². The van der Waals surface area contributed by atoms with Gasteiger partial charge in [0.25, 0.3) is 5.91 Å². The number of aliphatic carboxylic acids is 1. The molecule has 4 atom stereocenters. The zero-order valence-corrected chi connectivity index (χ0v) is 20.5. The molecule has 0 aliphatic carbocycles. The molecule has 34 heavy (non-hydrogen) atoms. The van der Waals surface area contributed by atoms with Gasteiger partial charge in [-0.25, -0.2) is 4.79 Å². The highest BCUT2D eigenvalue weighted by atomic mass is 31.2. The number of carbonyl (C=O) groups excluding carboxylic acids is 2. The SMILES string of the molecule is CCC(N[C@@H](CC(C)C)C(=O)N(C(O)C(N)=O)[C@@H](Cc1ccc(O)cc1C)C(=O)O)P(=O)(O)O. The Morgan fingerprint density at radius 1 is 1.21 bits per heavy atom. The third-order valence-electron chi connectivity index (χ3n) is 5.32. The van der Waals surface area contributed by atoms with E-state index in [9.17, 15) is 44.1 Å². The van der Waals surface area contributed by atoms with Crippen molar-refractivity contribution in [2.45, 2.75) is 71.1 Å². The van der Waals surface area contributed by atoms with E-state index in [0.29, 0.717) is 16.0 Å². The molecule has 0 aliphatic rings. The van der Waals surface area contributed by atoms with Gasteiger partial charge in [-0.15, -0.1) is 0 Å². The fourth-order valence-corrected chi connectivity index (χ4v) is 4.43. The molecule has 13 heteroatoms. The van der Waals surface area contributed by atoms with Crippen LogP contribution in [-0.2, 0) is 25.4 Å². The fourth-order valence-electron chi connectivity index (χ4n) is 3.58. The topological polar surface area (TPSA) is 211 Å². The van der Waals surface area contributed by atoms with Crippen LogP contribution < -0.4 is 11.1 Å². The Hall–Kier alpha value is -2.50. The zero-order valence-electron chi connectivity index (χ0n) is 19.6. The monoisotopic (exact) mass is 503 g/mol. The lowest BCUT2D eigenvalue weighted by atomic mass is 9.97. The first-order chi connectivity index (χ1) is 15.6. The number of rotatable bonds is 13. The van der Waals surface area contributed by atoms with Crippen LogP contribution >= 0.6 is 7.60 Å². The second-order valence-corrected chi connectivity index (χ2v) is 10.4. The highest BCUT2D eigenvalue weighted by Crippen LogP contribution is 2.41. The lowest BCUT2D eigenvalue weighted by molar-refractivity contribution is -0.166. The average molecular weight is 503 g/mol. The summed E-state index contributed by atoms with van der Waals surface area (Å²) in [5, 5.41) is 32.5. The van der Waals surface area contributed by atoms with Gasteiger partial charge in [0.2, 0.25) is 12.1 Å². The van der Waals surface area contributed by atoms with Crippen molar-refractivity contribution in [3.05, 3.63) is 29.3 Å². The Morgan fingerprint density at radius 3 is 2.21 bits per heavy atom. The number of nitrogens with one attached hydrogen (secondary N) is 1. The summed E-state index contributed by atoms with van der Waals surface area (Å²) >= 11 is 0. The largest absolute Gasteiger partial charge is 0.508 e. The standard InChI is InChI=1S/C21H34N3O9P/c1-5-17(34(31,32)33)23-15(8-11(2)3)19(27)24(20(28)18(22)26)16(21(29)30)10-13-6-7-14(25)9-12(13)4/h6-7,9,11,15-17,20,23,25,28H,5,8,10H2,1-4H3,(H2,22,26)(H,29,30)(H2,31,32,33)/t15-,16-,17?,20?/m0/s1. The number of phenolic OH excluding ortho intramolecular Hbond substituents is 1. The molecule has 12 nitrogen and oxygen atoms in total. The Labute approximate surface area is 197 Å². The predicted octanol–water partition coefficient (Wildman–Crippen LogP) is 0.247. The number of carboxylic acids is 1. The predicted molar refractivity (Wildman–Crippen MR) is 123 cm³/mol. The summed E-state index contributed by atoms with van der Waals surface area (Å²) in [6, 6.07) is 1.09. The molecule has 2 amide bonds. The quantitative estimate of drug-likeness (QED) is 0.144. The van der Waals surface area contributed by atoms with E-state index in [-0.39, 0.29) is 30.9 Å². The van der Waals surface area contributed by atoms with Gasteiger partial charge in [0.15, 0.2) is 0 Å².